The maximum atomic E-state index is 11.8. The topological polar surface area (TPSA) is 56.2 Å². The number of imidazole rings is 1. The fraction of sp³-hybridized carbons (Fsp3) is 0.300. The Kier molecular flexibility index (Phi) is 5.33. The largest absolute Gasteiger partial charge is 0.465 e. The van der Waals surface area contributed by atoms with Crippen molar-refractivity contribution >= 4 is 23.0 Å². The minimum Gasteiger partial charge on any atom is -0.465 e. The highest BCUT2D eigenvalue weighted by atomic mass is 16.5. The van der Waals surface area contributed by atoms with Crippen LogP contribution in [-0.4, -0.2) is 22.6 Å². The van der Waals surface area contributed by atoms with E-state index < -0.39 is 0 Å². The van der Waals surface area contributed by atoms with E-state index in [0.29, 0.717) is 12.1 Å². The first kappa shape index (κ1) is 17.0. The van der Waals surface area contributed by atoms with Crippen molar-refractivity contribution in [1.29, 1.82) is 0 Å². The summed E-state index contributed by atoms with van der Waals surface area (Å²) >= 11 is 0. The average molecular weight is 337 g/mol. The van der Waals surface area contributed by atoms with E-state index in [1.165, 1.54) is 12.7 Å². The second-order valence-corrected chi connectivity index (χ2v) is 5.97. The van der Waals surface area contributed by atoms with E-state index in [4.69, 9.17) is 9.72 Å². The third kappa shape index (κ3) is 3.82. The zero-order chi connectivity index (χ0) is 17.6. The van der Waals surface area contributed by atoms with Gasteiger partial charge in [0, 0.05) is 13.1 Å². The molecule has 0 unspecified atom stereocenters. The Hall–Kier alpha value is -2.82. The molecular formula is C20H23N3O2. The highest BCUT2D eigenvalue weighted by Crippen LogP contribution is 2.23. The quantitative estimate of drug-likeness (QED) is 0.655. The van der Waals surface area contributed by atoms with Crippen LogP contribution in [0.3, 0.4) is 0 Å². The Morgan fingerprint density at radius 3 is 2.72 bits per heavy atom. The van der Waals surface area contributed by atoms with Crippen molar-refractivity contribution < 1.29 is 9.53 Å². The summed E-state index contributed by atoms with van der Waals surface area (Å²) in [5, 5.41) is 3.43. The van der Waals surface area contributed by atoms with E-state index in [1.54, 1.807) is 12.1 Å². The molecule has 0 fully saturated rings. The number of hydrogen-bond donors (Lipinski definition) is 1. The van der Waals surface area contributed by atoms with Crippen LogP contribution in [0.2, 0.25) is 0 Å². The van der Waals surface area contributed by atoms with Crippen LogP contribution in [-0.2, 0) is 17.8 Å². The standard InChI is InChI=1S/C20H23N3O2/c1-3-4-12-23-18-11-10-16(19(24)25-2)13-17(18)22-20(23)21-14-15-8-6-5-7-9-15/h5-11,13H,3-4,12,14H2,1-2H3,(H,21,22). The maximum Gasteiger partial charge on any atom is 0.337 e. The number of rotatable bonds is 7. The molecule has 25 heavy (non-hydrogen) atoms. The number of nitrogens with one attached hydrogen (secondary N) is 1. The van der Waals surface area contributed by atoms with Crippen LogP contribution in [0.15, 0.2) is 48.5 Å². The van der Waals surface area contributed by atoms with Gasteiger partial charge in [-0.15, -0.1) is 0 Å². The molecule has 0 spiro atoms. The number of aromatic nitrogens is 2. The number of benzene rings is 2. The van der Waals surface area contributed by atoms with Gasteiger partial charge in [-0.3, -0.25) is 0 Å². The highest BCUT2D eigenvalue weighted by Gasteiger charge is 2.13. The predicted molar refractivity (Wildman–Crippen MR) is 99.7 cm³/mol. The van der Waals surface area contributed by atoms with E-state index in [2.05, 4.69) is 28.9 Å². The molecule has 0 bridgehead atoms. The Bertz CT molecular complexity index is 856. The van der Waals surface area contributed by atoms with Crippen molar-refractivity contribution in [2.24, 2.45) is 0 Å². The van der Waals surface area contributed by atoms with E-state index in [0.717, 1.165) is 36.4 Å². The van der Waals surface area contributed by atoms with Gasteiger partial charge in [-0.2, -0.15) is 0 Å². The van der Waals surface area contributed by atoms with Gasteiger partial charge in [0.25, 0.3) is 0 Å². The Morgan fingerprint density at radius 2 is 2.00 bits per heavy atom. The number of fused-ring (bicyclic) bond motifs is 1. The second kappa shape index (κ2) is 7.83. The predicted octanol–water partition coefficient (Wildman–Crippen LogP) is 4.24. The van der Waals surface area contributed by atoms with Crippen LogP contribution in [0.25, 0.3) is 11.0 Å². The Morgan fingerprint density at radius 1 is 1.20 bits per heavy atom. The smallest absolute Gasteiger partial charge is 0.337 e. The van der Waals surface area contributed by atoms with Crippen molar-refractivity contribution in [2.75, 3.05) is 12.4 Å². The van der Waals surface area contributed by atoms with Crippen LogP contribution >= 0.6 is 0 Å². The number of carbonyl (C=O) groups is 1. The molecule has 0 saturated heterocycles. The lowest BCUT2D eigenvalue weighted by atomic mass is 10.2. The van der Waals surface area contributed by atoms with Crippen molar-refractivity contribution in [1.82, 2.24) is 9.55 Å². The number of esters is 1. The number of nitrogens with zero attached hydrogens (tertiary/aromatic N) is 2. The van der Waals surface area contributed by atoms with Gasteiger partial charge in [0.1, 0.15) is 0 Å². The summed E-state index contributed by atoms with van der Waals surface area (Å²) in [6.45, 7) is 3.77. The lowest BCUT2D eigenvalue weighted by Crippen LogP contribution is -2.08. The lowest BCUT2D eigenvalue weighted by molar-refractivity contribution is 0.0601. The summed E-state index contributed by atoms with van der Waals surface area (Å²) in [5.41, 5.74) is 3.54. The third-order valence-corrected chi connectivity index (χ3v) is 4.20. The SMILES string of the molecule is CCCCn1c(NCc2ccccc2)nc2cc(C(=O)OC)ccc21. The van der Waals surface area contributed by atoms with Gasteiger partial charge in [-0.05, 0) is 30.2 Å². The second-order valence-electron chi connectivity index (χ2n) is 5.97. The number of ether oxygens (including phenoxy) is 1. The fourth-order valence-electron chi connectivity index (χ4n) is 2.83. The number of unbranched alkanes of at least 4 members (excludes halogenated alkanes) is 1. The van der Waals surface area contributed by atoms with E-state index >= 15 is 0 Å². The van der Waals surface area contributed by atoms with Gasteiger partial charge >= 0.3 is 5.97 Å². The van der Waals surface area contributed by atoms with Gasteiger partial charge in [0.15, 0.2) is 0 Å². The van der Waals surface area contributed by atoms with Crippen molar-refractivity contribution in [3.63, 3.8) is 0 Å². The van der Waals surface area contributed by atoms with Crippen molar-refractivity contribution in [3.8, 4) is 0 Å². The van der Waals surface area contributed by atoms with Crippen LogP contribution in [0, 0.1) is 0 Å². The maximum absolute atomic E-state index is 11.8. The zero-order valence-corrected chi connectivity index (χ0v) is 14.7. The molecule has 3 aromatic rings. The normalized spacial score (nSPS) is 10.8. The summed E-state index contributed by atoms with van der Waals surface area (Å²) in [6, 6.07) is 15.8. The molecule has 0 saturated carbocycles. The number of anilines is 1. The van der Waals surface area contributed by atoms with Gasteiger partial charge in [-0.25, -0.2) is 9.78 Å². The molecular weight excluding hydrogens is 314 g/mol. The molecule has 130 valence electrons. The number of aryl methyl sites for hydroxylation is 1. The van der Waals surface area contributed by atoms with Crippen molar-refractivity contribution in [3.05, 3.63) is 59.7 Å². The summed E-state index contributed by atoms with van der Waals surface area (Å²) in [6.07, 6.45) is 2.18. The van der Waals surface area contributed by atoms with Gasteiger partial charge < -0.3 is 14.6 Å². The number of methoxy groups -OCH3 is 1. The molecule has 5 nitrogen and oxygen atoms in total. The summed E-state index contributed by atoms with van der Waals surface area (Å²) in [7, 11) is 1.39. The molecule has 5 heteroatoms. The Balaban J connectivity index is 1.92. The first-order valence-electron chi connectivity index (χ1n) is 8.59. The minimum absolute atomic E-state index is 0.344. The molecule has 1 aromatic heterocycles. The Labute approximate surface area is 147 Å². The molecule has 3 rings (SSSR count). The highest BCUT2D eigenvalue weighted by molar-refractivity contribution is 5.94. The molecule has 0 aliphatic rings. The van der Waals surface area contributed by atoms with Crippen molar-refractivity contribution in [2.45, 2.75) is 32.9 Å². The van der Waals surface area contributed by atoms with Gasteiger partial charge in [-0.1, -0.05) is 43.7 Å². The molecule has 1 N–H and O–H groups in total. The van der Waals surface area contributed by atoms with Crippen LogP contribution < -0.4 is 5.32 Å². The van der Waals surface area contributed by atoms with Gasteiger partial charge in [0.05, 0.1) is 23.7 Å². The summed E-state index contributed by atoms with van der Waals surface area (Å²) in [5.74, 6) is 0.484. The molecule has 0 radical (unpaired) electrons. The minimum atomic E-state index is -0.344. The fourth-order valence-corrected chi connectivity index (χ4v) is 2.83. The molecule has 1 heterocycles. The van der Waals surface area contributed by atoms with E-state index in [9.17, 15) is 4.79 Å². The first-order chi connectivity index (χ1) is 12.2. The third-order valence-electron chi connectivity index (χ3n) is 4.20. The summed E-state index contributed by atoms with van der Waals surface area (Å²) in [4.78, 5) is 16.5. The molecule has 2 aromatic carbocycles. The first-order valence-corrected chi connectivity index (χ1v) is 8.59. The van der Waals surface area contributed by atoms with E-state index in [-0.39, 0.29) is 5.97 Å². The average Bonchev–Trinajstić information content (AvgIpc) is 3.01. The van der Waals surface area contributed by atoms with Crippen LogP contribution in [0.5, 0.6) is 0 Å². The van der Waals surface area contributed by atoms with Crippen LogP contribution in [0.1, 0.15) is 35.7 Å². The number of hydrogen-bond acceptors (Lipinski definition) is 4. The van der Waals surface area contributed by atoms with Crippen LogP contribution in [0.4, 0.5) is 5.95 Å². The monoisotopic (exact) mass is 337 g/mol. The summed E-state index contributed by atoms with van der Waals surface area (Å²) < 4.78 is 6.99. The van der Waals surface area contributed by atoms with Gasteiger partial charge in [0.2, 0.25) is 5.95 Å². The lowest BCUT2D eigenvalue weighted by Gasteiger charge is -2.10. The molecule has 0 amide bonds. The number of carbonyl (C=O) groups excluding carboxylic acids is 1. The molecule has 0 atom stereocenters. The molecule has 0 aliphatic heterocycles. The zero-order valence-electron chi connectivity index (χ0n) is 14.7. The molecule has 0 aliphatic carbocycles. The van der Waals surface area contributed by atoms with E-state index in [1.807, 2.05) is 24.3 Å².